The summed E-state index contributed by atoms with van der Waals surface area (Å²) in [5.74, 6) is 0.319. The first-order valence-electron chi connectivity index (χ1n) is 8.62. The van der Waals surface area contributed by atoms with Gasteiger partial charge in [0, 0.05) is 43.1 Å². The van der Waals surface area contributed by atoms with E-state index in [4.69, 9.17) is 27.9 Å². The maximum absolute atomic E-state index is 12.7. The van der Waals surface area contributed by atoms with Crippen molar-refractivity contribution in [1.82, 2.24) is 24.5 Å². The minimum atomic E-state index is -0.175. The summed E-state index contributed by atoms with van der Waals surface area (Å²) in [6.45, 7) is 4.52. The number of aromatic nitrogens is 4. The molecule has 7 nitrogen and oxygen atoms in total. The average molecular weight is 422 g/mol. The minimum Gasteiger partial charge on any atom is -0.470 e. The number of carbonyl (C=O) groups is 1. The molecule has 0 aliphatic carbocycles. The second-order valence-corrected chi connectivity index (χ2v) is 7.37. The molecule has 0 saturated carbocycles. The number of carbonyl (C=O) groups excluding carboxylic acids is 1. The number of hydrogen-bond donors (Lipinski definition) is 0. The average Bonchev–Trinajstić information content (AvgIpc) is 3.21. The molecule has 0 saturated heterocycles. The van der Waals surface area contributed by atoms with Crippen molar-refractivity contribution in [2.24, 2.45) is 7.05 Å². The normalized spacial score (nSPS) is 10.9. The van der Waals surface area contributed by atoms with Crippen molar-refractivity contribution < 1.29 is 9.53 Å². The highest BCUT2D eigenvalue weighted by molar-refractivity contribution is 6.35. The molecule has 0 N–H and O–H groups in total. The van der Waals surface area contributed by atoms with Gasteiger partial charge in [-0.15, -0.1) is 0 Å². The Morgan fingerprint density at radius 2 is 1.96 bits per heavy atom. The summed E-state index contributed by atoms with van der Waals surface area (Å²) in [6, 6.07) is 6.65. The van der Waals surface area contributed by atoms with Crippen LogP contribution in [0.5, 0.6) is 5.75 Å². The molecule has 2 heterocycles. The summed E-state index contributed by atoms with van der Waals surface area (Å²) in [4.78, 5) is 14.3. The van der Waals surface area contributed by atoms with Gasteiger partial charge in [-0.25, -0.2) is 4.68 Å². The fourth-order valence-corrected chi connectivity index (χ4v) is 3.29. The Labute approximate surface area is 173 Å². The van der Waals surface area contributed by atoms with E-state index in [1.54, 1.807) is 42.4 Å². The van der Waals surface area contributed by atoms with Crippen LogP contribution in [0.25, 0.3) is 0 Å². The van der Waals surface area contributed by atoms with Crippen molar-refractivity contribution in [3.05, 3.63) is 63.2 Å². The maximum atomic E-state index is 12.7. The van der Waals surface area contributed by atoms with Crippen LogP contribution in [0, 0.1) is 13.8 Å². The first-order valence-corrected chi connectivity index (χ1v) is 9.37. The largest absolute Gasteiger partial charge is 0.470 e. The number of benzene rings is 1. The van der Waals surface area contributed by atoms with E-state index < -0.39 is 0 Å². The van der Waals surface area contributed by atoms with Crippen LogP contribution in [0.15, 0.2) is 30.5 Å². The molecule has 0 spiro atoms. The van der Waals surface area contributed by atoms with Crippen LogP contribution in [-0.4, -0.2) is 37.4 Å². The SMILES string of the molecule is Cc1nn(C)c(C)c1CN(C)C(=O)c1ccn(COc2ccc(Cl)cc2Cl)n1. The van der Waals surface area contributed by atoms with Crippen LogP contribution in [0.2, 0.25) is 10.0 Å². The highest BCUT2D eigenvalue weighted by Gasteiger charge is 2.18. The molecule has 2 aromatic heterocycles. The lowest BCUT2D eigenvalue weighted by molar-refractivity contribution is 0.0776. The zero-order valence-electron chi connectivity index (χ0n) is 16.1. The van der Waals surface area contributed by atoms with Gasteiger partial charge in [-0.1, -0.05) is 23.2 Å². The Morgan fingerprint density at radius 3 is 2.61 bits per heavy atom. The molecule has 3 aromatic rings. The number of hydrogen-bond acceptors (Lipinski definition) is 4. The molecule has 1 amide bonds. The lowest BCUT2D eigenvalue weighted by Gasteiger charge is -2.16. The van der Waals surface area contributed by atoms with E-state index in [-0.39, 0.29) is 12.6 Å². The summed E-state index contributed by atoms with van der Waals surface area (Å²) >= 11 is 12.0. The van der Waals surface area contributed by atoms with E-state index in [1.165, 1.54) is 4.68 Å². The summed E-state index contributed by atoms with van der Waals surface area (Å²) in [6.07, 6.45) is 1.69. The summed E-state index contributed by atoms with van der Waals surface area (Å²) in [7, 11) is 3.64. The van der Waals surface area contributed by atoms with E-state index in [9.17, 15) is 4.79 Å². The second-order valence-electron chi connectivity index (χ2n) is 6.52. The van der Waals surface area contributed by atoms with E-state index in [1.807, 2.05) is 25.6 Å². The molecular weight excluding hydrogens is 401 g/mol. The third-order valence-electron chi connectivity index (χ3n) is 4.51. The molecule has 0 bridgehead atoms. The van der Waals surface area contributed by atoms with Gasteiger partial charge in [0.2, 0.25) is 0 Å². The second kappa shape index (κ2) is 8.24. The van der Waals surface area contributed by atoms with E-state index in [2.05, 4.69) is 10.2 Å². The molecule has 1 aromatic carbocycles. The minimum absolute atomic E-state index is 0.124. The first-order chi connectivity index (χ1) is 13.3. The zero-order chi connectivity index (χ0) is 20.4. The number of amides is 1. The van der Waals surface area contributed by atoms with Gasteiger partial charge in [0.15, 0.2) is 12.4 Å². The van der Waals surface area contributed by atoms with Gasteiger partial charge < -0.3 is 9.64 Å². The van der Waals surface area contributed by atoms with Gasteiger partial charge in [-0.2, -0.15) is 10.2 Å². The standard InChI is InChI=1S/C19H21Cl2N5O2/c1-12-15(13(2)25(4)22-12)10-24(3)19(27)17-7-8-26(23-17)11-28-18-6-5-14(20)9-16(18)21/h5-9H,10-11H2,1-4H3. The molecule has 0 atom stereocenters. The number of halogens is 2. The third-order valence-corrected chi connectivity index (χ3v) is 5.04. The Balaban J connectivity index is 1.64. The van der Waals surface area contributed by atoms with Crippen LogP contribution in [-0.2, 0) is 20.3 Å². The van der Waals surface area contributed by atoms with Crippen molar-refractivity contribution >= 4 is 29.1 Å². The van der Waals surface area contributed by atoms with Crippen molar-refractivity contribution in [3.8, 4) is 5.75 Å². The first kappa shape index (κ1) is 20.2. The molecule has 0 unspecified atom stereocenters. The van der Waals surface area contributed by atoms with E-state index in [0.29, 0.717) is 28.0 Å². The fraction of sp³-hybridized carbons (Fsp3) is 0.316. The maximum Gasteiger partial charge on any atom is 0.274 e. The molecule has 148 valence electrons. The van der Waals surface area contributed by atoms with Gasteiger partial charge >= 0.3 is 0 Å². The topological polar surface area (TPSA) is 65.2 Å². The van der Waals surface area contributed by atoms with Crippen LogP contribution in [0.3, 0.4) is 0 Å². The highest BCUT2D eigenvalue weighted by atomic mass is 35.5. The number of ether oxygens (including phenoxy) is 1. The number of aryl methyl sites for hydroxylation is 2. The molecule has 0 fully saturated rings. The van der Waals surface area contributed by atoms with Gasteiger partial charge in [0.05, 0.1) is 10.7 Å². The van der Waals surface area contributed by atoms with Crippen molar-refractivity contribution in [2.75, 3.05) is 7.05 Å². The molecule has 0 radical (unpaired) electrons. The Hall–Kier alpha value is -2.51. The van der Waals surface area contributed by atoms with Gasteiger partial charge in [-0.3, -0.25) is 9.48 Å². The summed E-state index contributed by atoms with van der Waals surface area (Å²) < 4.78 is 8.99. The zero-order valence-corrected chi connectivity index (χ0v) is 17.6. The predicted molar refractivity (Wildman–Crippen MR) is 108 cm³/mol. The van der Waals surface area contributed by atoms with Crippen LogP contribution >= 0.6 is 23.2 Å². The van der Waals surface area contributed by atoms with Gasteiger partial charge in [-0.05, 0) is 38.1 Å². The van der Waals surface area contributed by atoms with Crippen LogP contribution in [0.1, 0.15) is 27.4 Å². The number of rotatable bonds is 6. The van der Waals surface area contributed by atoms with Crippen LogP contribution in [0.4, 0.5) is 0 Å². The monoisotopic (exact) mass is 421 g/mol. The van der Waals surface area contributed by atoms with Gasteiger partial charge in [0.25, 0.3) is 5.91 Å². The smallest absolute Gasteiger partial charge is 0.274 e. The summed E-state index contributed by atoms with van der Waals surface area (Å²) in [5.41, 5.74) is 3.33. The Morgan fingerprint density at radius 1 is 1.21 bits per heavy atom. The lowest BCUT2D eigenvalue weighted by atomic mass is 10.2. The van der Waals surface area contributed by atoms with Crippen molar-refractivity contribution in [3.63, 3.8) is 0 Å². The highest BCUT2D eigenvalue weighted by Crippen LogP contribution is 2.27. The Kier molecular flexibility index (Phi) is 5.96. The van der Waals surface area contributed by atoms with Crippen molar-refractivity contribution in [1.29, 1.82) is 0 Å². The summed E-state index contributed by atoms with van der Waals surface area (Å²) in [5, 5.41) is 9.63. The molecule has 9 heteroatoms. The van der Waals surface area contributed by atoms with Gasteiger partial charge in [0.1, 0.15) is 5.75 Å². The molecule has 3 rings (SSSR count). The van der Waals surface area contributed by atoms with Crippen LogP contribution < -0.4 is 4.74 Å². The van der Waals surface area contributed by atoms with Crippen molar-refractivity contribution in [2.45, 2.75) is 27.1 Å². The van der Waals surface area contributed by atoms with E-state index >= 15 is 0 Å². The lowest BCUT2D eigenvalue weighted by Crippen LogP contribution is -2.27. The Bertz CT molecular complexity index is 1010. The number of nitrogens with zero attached hydrogens (tertiary/aromatic N) is 5. The predicted octanol–water partition coefficient (Wildman–Crippen LogP) is 3.85. The third kappa shape index (κ3) is 4.31. The molecule has 28 heavy (non-hydrogen) atoms. The molecule has 0 aliphatic heterocycles. The molecule has 0 aliphatic rings. The fourth-order valence-electron chi connectivity index (χ4n) is 2.83. The van der Waals surface area contributed by atoms with E-state index in [0.717, 1.165) is 17.0 Å². The quantitative estimate of drug-likeness (QED) is 0.606. The molecular formula is C19H21Cl2N5O2.